The Hall–Kier alpha value is -4.47. The van der Waals surface area contributed by atoms with Gasteiger partial charge in [-0.05, 0) is 65.8 Å². The maximum Gasteiger partial charge on any atom is 0.247 e. The second kappa shape index (κ2) is 15.0. The summed E-state index contributed by atoms with van der Waals surface area (Å²) in [5, 5.41) is 3.04. The molecule has 45 heavy (non-hydrogen) atoms. The van der Waals surface area contributed by atoms with Crippen molar-refractivity contribution in [1.29, 1.82) is 0 Å². The summed E-state index contributed by atoms with van der Waals surface area (Å²) in [4.78, 5) is 29.8. The Morgan fingerprint density at radius 2 is 1.40 bits per heavy atom. The molecule has 0 saturated carbocycles. The van der Waals surface area contributed by atoms with E-state index in [0.717, 1.165) is 35.3 Å². The highest BCUT2D eigenvalue weighted by Gasteiger charge is 2.31. The summed E-state index contributed by atoms with van der Waals surface area (Å²) in [5.74, 6) is 0.272. The van der Waals surface area contributed by atoms with E-state index in [1.807, 2.05) is 84.9 Å². The quantitative estimate of drug-likeness (QED) is 0.212. The highest BCUT2D eigenvalue weighted by Crippen LogP contribution is 2.26. The zero-order chi connectivity index (χ0) is 31.6. The Bertz CT molecular complexity index is 1660. The first kappa shape index (κ1) is 31.9. The van der Waals surface area contributed by atoms with Gasteiger partial charge in [-0.3, -0.25) is 9.59 Å². The van der Waals surface area contributed by atoms with Gasteiger partial charge in [-0.15, -0.1) is 0 Å². The van der Waals surface area contributed by atoms with Crippen LogP contribution in [-0.4, -0.2) is 49.6 Å². The molecule has 0 aromatic heterocycles. The summed E-state index contributed by atoms with van der Waals surface area (Å²) in [7, 11) is -1.90. The number of carbonyl (C=O) groups is 2. The van der Waals surface area contributed by atoms with Crippen molar-refractivity contribution < 1.29 is 22.7 Å². The number of nitrogens with zero attached hydrogens (tertiary/aromatic N) is 2. The van der Waals surface area contributed by atoms with E-state index in [2.05, 4.69) is 5.32 Å². The van der Waals surface area contributed by atoms with Crippen LogP contribution >= 0.6 is 0 Å². The fraction of sp³-hybridized carbons (Fsp3) is 0.278. The Morgan fingerprint density at radius 1 is 0.800 bits per heavy atom. The predicted molar refractivity (Wildman–Crippen MR) is 174 cm³/mol. The van der Waals surface area contributed by atoms with Crippen LogP contribution in [0.1, 0.15) is 47.6 Å². The molecule has 2 amide bonds. The van der Waals surface area contributed by atoms with Crippen molar-refractivity contribution in [3.8, 4) is 5.75 Å². The fourth-order valence-electron chi connectivity index (χ4n) is 5.54. The summed E-state index contributed by atoms with van der Waals surface area (Å²) >= 11 is 0. The van der Waals surface area contributed by atoms with Crippen molar-refractivity contribution in [2.75, 3.05) is 20.2 Å². The van der Waals surface area contributed by atoms with E-state index >= 15 is 0 Å². The molecule has 1 fully saturated rings. The topological polar surface area (TPSA) is 96.0 Å². The molecule has 8 nitrogen and oxygen atoms in total. The number of aryl methyl sites for hydroxylation is 1. The van der Waals surface area contributed by atoms with Crippen molar-refractivity contribution in [2.45, 2.75) is 49.7 Å². The number of benzene rings is 4. The van der Waals surface area contributed by atoms with Crippen LogP contribution in [0.15, 0.2) is 114 Å². The van der Waals surface area contributed by atoms with Gasteiger partial charge >= 0.3 is 0 Å². The van der Waals surface area contributed by atoms with Gasteiger partial charge in [-0.25, -0.2) is 8.42 Å². The van der Waals surface area contributed by atoms with Crippen LogP contribution in [0.25, 0.3) is 0 Å². The average molecular weight is 626 g/mol. The summed E-state index contributed by atoms with van der Waals surface area (Å²) in [5.41, 5.74) is 3.38. The van der Waals surface area contributed by atoms with Crippen LogP contribution in [0.5, 0.6) is 5.75 Å². The summed E-state index contributed by atoms with van der Waals surface area (Å²) in [6.07, 6.45) is 2.31. The third kappa shape index (κ3) is 8.17. The molecule has 1 heterocycles. The predicted octanol–water partition coefficient (Wildman–Crippen LogP) is 5.50. The van der Waals surface area contributed by atoms with Crippen LogP contribution in [0.3, 0.4) is 0 Å². The Kier molecular flexibility index (Phi) is 10.7. The lowest BCUT2D eigenvalue weighted by atomic mass is 10.0. The minimum absolute atomic E-state index is 0.153. The van der Waals surface area contributed by atoms with E-state index in [-0.39, 0.29) is 29.7 Å². The van der Waals surface area contributed by atoms with Gasteiger partial charge in [-0.1, -0.05) is 84.9 Å². The van der Waals surface area contributed by atoms with E-state index in [9.17, 15) is 18.0 Å². The molecule has 1 saturated heterocycles. The summed E-state index contributed by atoms with van der Waals surface area (Å²) < 4.78 is 32.7. The molecule has 1 aliphatic heterocycles. The third-order valence-electron chi connectivity index (χ3n) is 8.07. The second-order valence-electron chi connectivity index (χ2n) is 11.1. The van der Waals surface area contributed by atoms with Crippen molar-refractivity contribution in [2.24, 2.45) is 0 Å². The molecule has 1 atom stereocenters. The lowest BCUT2D eigenvalue weighted by molar-refractivity contribution is -0.141. The third-order valence-corrected chi connectivity index (χ3v) is 9.98. The van der Waals surface area contributed by atoms with Gasteiger partial charge in [0.1, 0.15) is 11.8 Å². The number of hydrogen-bond acceptors (Lipinski definition) is 5. The lowest BCUT2D eigenvalue weighted by Gasteiger charge is -2.32. The van der Waals surface area contributed by atoms with Crippen molar-refractivity contribution in [3.63, 3.8) is 0 Å². The molecule has 4 aromatic carbocycles. The number of nitrogens with one attached hydrogen (secondary N) is 1. The molecule has 0 radical (unpaired) electrons. The average Bonchev–Trinajstić information content (AvgIpc) is 3.64. The molecule has 0 spiro atoms. The van der Waals surface area contributed by atoms with E-state index in [0.29, 0.717) is 31.6 Å². The Morgan fingerprint density at radius 3 is 2.02 bits per heavy atom. The fourth-order valence-corrected chi connectivity index (χ4v) is 7.06. The number of methoxy groups -OCH3 is 1. The molecule has 5 rings (SSSR count). The van der Waals surface area contributed by atoms with E-state index < -0.39 is 16.1 Å². The van der Waals surface area contributed by atoms with Gasteiger partial charge in [-0.2, -0.15) is 4.31 Å². The minimum Gasteiger partial charge on any atom is -0.497 e. The number of rotatable bonds is 13. The van der Waals surface area contributed by atoms with E-state index in [1.54, 1.807) is 36.3 Å². The van der Waals surface area contributed by atoms with Gasteiger partial charge < -0.3 is 15.0 Å². The largest absolute Gasteiger partial charge is 0.497 e. The molecule has 4 aromatic rings. The van der Waals surface area contributed by atoms with Gasteiger partial charge in [0.15, 0.2) is 0 Å². The van der Waals surface area contributed by atoms with Crippen LogP contribution in [0.4, 0.5) is 0 Å². The highest BCUT2D eigenvalue weighted by atomic mass is 32.2. The van der Waals surface area contributed by atoms with Crippen LogP contribution in [0.2, 0.25) is 0 Å². The Labute approximate surface area is 265 Å². The van der Waals surface area contributed by atoms with Crippen molar-refractivity contribution >= 4 is 21.8 Å². The summed E-state index contributed by atoms with van der Waals surface area (Å²) in [6, 6.07) is 32.4. The zero-order valence-electron chi connectivity index (χ0n) is 25.5. The molecule has 0 bridgehead atoms. The van der Waals surface area contributed by atoms with Gasteiger partial charge in [0, 0.05) is 32.6 Å². The normalized spacial score (nSPS) is 14.1. The Balaban J connectivity index is 1.35. The smallest absolute Gasteiger partial charge is 0.247 e. The molecular formula is C36H39N3O5S. The standard InChI is InChI=1S/C36H39N3O5S/c1-44-32-19-14-29(15-20-32)26-37-36(41)35(31-12-6-3-7-13-31)39(27-30-10-4-2-5-11-30)34(40)23-18-28-16-21-33(22-17-28)45(42,43)38-24-8-9-25-38/h2-7,10-17,19-22,35H,8-9,18,23-27H2,1H3,(H,37,41)/t35-/m1/s1. The SMILES string of the molecule is COc1ccc(CNC(=O)[C@@H](c2ccccc2)N(Cc2ccccc2)C(=O)CCc2ccc(S(=O)(=O)N3CCCC3)cc2)cc1. The first-order valence-corrected chi connectivity index (χ1v) is 16.7. The van der Waals surface area contributed by atoms with Crippen LogP contribution in [0, 0.1) is 0 Å². The minimum atomic E-state index is -3.51. The highest BCUT2D eigenvalue weighted by molar-refractivity contribution is 7.89. The van der Waals surface area contributed by atoms with Crippen LogP contribution < -0.4 is 10.1 Å². The molecule has 1 N–H and O–H groups in total. The number of amides is 2. The second-order valence-corrected chi connectivity index (χ2v) is 13.1. The van der Waals surface area contributed by atoms with Crippen molar-refractivity contribution in [3.05, 3.63) is 131 Å². The molecule has 0 unspecified atom stereocenters. The molecule has 9 heteroatoms. The van der Waals surface area contributed by atoms with E-state index in [4.69, 9.17) is 4.74 Å². The molecule has 0 aliphatic carbocycles. The maximum absolute atomic E-state index is 14.0. The molecule has 234 valence electrons. The van der Waals surface area contributed by atoms with Gasteiger partial charge in [0.25, 0.3) is 0 Å². The van der Waals surface area contributed by atoms with Crippen LogP contribution in [-0.2, 0) is 39.1 Å². The first-order chi connectivity index (χ1) is 21.8. The number of ether oxygens (including phenoxy) is 1. The number of hydrogen-bond donors (Lipinski definition) is 1. The maximum atomic E-state index is 14.0. The molecular weight excluding hydrogens is 586 g/mol. The molecule has 1 aliphatic rings. The lowest BCUT2D eigenvalue weighted by Crippen LogP contribution is -2.43. The summed E-state index contributed by atoms with van der Waals surface area (Å²) in [6.45, 7) is 1.65. The van der Waals surface area contributed by atoms with Gasteiger partial charge in [0.05, 0.1) is 12.0 Å². The number of carbonyl (C=O) groups excluding carboxylic acids is 2. The zero-order valence-corrected chi connectivity index (χ0v) is 26.3. The monoisotopic (exact) mass is 625 g/mol. The van der Waals surface area contributed by atoms with Crippen molar-refractivity contribution in [1.82, 2.24) is 14.5 Å². The number of sulfonamides is 1. The van der Waals surface area contributed by atoms with E-state index in [1.165, 1.54) is 4.31 Å². The van der Waals surface area contributed by atoms with Gasteiger partial charge in [0.2, 0.25) is 21.8 Å². The first-order valence-electron chi connectivity index (χ1n) is 15.2.